The lowest BCUT2D eigenvalue weighted by atomic mass is 10.2. The number of anilines is 2. The first-order valence-corrected chi connectivity index (χ1v) is 9.80. The average Bonchev–Trinajstić information content (AvgIpc) is 3.28. The Morgan fingerprint density at radius 2 is 1.96 bits per heavy atom. The molecule has 0 unspecified atom stereocenters. The van der Waals surface area contributed by atoms with Crippen molar-refractivity contribution in [1.29, 1.82) is 5.26 Å². The molecule has 3 N–H and O–H groups in total. The summed E-state index contributed by atoms with van der Waals surface area (Å²) >= 11 is 0.943. The summed E-state index contributed by atoms with van der Waals surface area (Å²) in [6, 6.07) is 13.3. The summed E-state index contributed by atoms with van der Waals surface area (Å²) in [5, 5.41) is 13.1. The molecule has 27 heavy (non-hydrogen) atoms. The molecule has 0 aliphatic carbocycles. The third-order valence-corrected chi connectivity index (χ3v) is 5.78. The maximum Gasteiger partial charge on any atom is 0.264 e. The molecule has 0 aliphatic heterocycles. The Balaban J connectivity index is 1.81. The second-order valence-corrected chi connectivity index (χ2v) is 7.66. The van der Waals surface area contributed by atoms with Crippen molar-refractivity contribution in [3.05, 3.63) is 54.2 Å². The van der Waals surface area contributed by atoms with E-state index in [1.807, 2.05) is 6.07 Å². The number of para-hydroxylation sites is 2. The zero-order valence-corrected chi connectivity index (χ0v) is 15.2. The highest BCUT2D eigenvalue weighted by molar-refractivity contribution is 7.93. The predicted molar refractivity (Wildman–Crippen MR) is 101 cm³/mol. The highest BCUT2D eigenvalue weighted by Gasteiger charge is 2.22. The average molecular weight is 397 g/mol. The molecular formula is C16H11N7O2S2. The highest BCUT2D eigenvalue weighted by Crippen LogP contribution is 2.28. The fraction of sp³-hybridized carbons (Fsp3) is 0. The number of sulfonamides is 1. The van der Waals surface area contributed by atoms with E-state index < -0.39 is 10.0 Å². The van der Waals surface area contributed by atoms with Crippen LogP contribution in [0.2, 0.25) is 0 Å². The Kier molecular flexibility index (Phi) is 3.98. The summed E-state index contributed by atoms with van der Waals surface area (Å²) in [5.74, 6) is 0.120. The van der Waals surface area contributed by atoms with E-state index in [9.17, 15) is 8.42 Å². The summed E-state index contributed by atoms with van der Waals surface area (Å²) in [6.07, 6.45) is 1.32. The number of hydrogen-bond acceptors (Lipinski definition) is 8. The van der Waals surface area contributed by atoms with Crippen LogP contribution in [-0.2, 0) is 10.0 Å². The van der Waals surface area contributed by atoms with Gasteiger partial charge in [0.25, 0.3) is 10.0 Å². The van der Waals surface area contributed by atoms with Crippen LogP contribution in [0, 0.1) is 11.3 Å². The minimum Gasteiger partial charge on any atom is -0.382 e. The maximum atomic E-state index is 13.0. The van der Waals surface area contributed by atoms with Crippen molar-refractivity contribution in [2.45, 2.75) is 4.90 Å². The molecule has 9 nitrogen and oxygen atoms in total. The van der Waals surface area contributed by atoms with Gasteiger partial charge in [-0.05, 0) is 24.3 Å². The second-order valence-electron chi connectivity index (χ2n) is 5.48. The van der Waals surface area contributed by atoms with Gasteiger partial charge in [-0.3, -0.25) is 4.72 Å². The molecule has 134 valence electrons. The quantitative estimate of drug-likeness (QED) is 0.537. The Morgan fingerprint density at radius 1 is 1.15 bits per heavy atom. The minimum atomic E-state index is -3.94. The van der Waals surface area contributed by atoms with Gasteiger partial charge in [0.1, 0.15) is 33.4 Å². The lowest BCUT2D eigenvalue weighted by molar-refractivity contribution is 0.602. The van der Waals surface area contributed by atoms with Crippen LogP contribution in [0.25, 0.3) is 16.7 Å². The normalized spacial score (nSPS) is 11.4. The number of nitrogens with zero attached hydrogens (tertiary/aromatic N) is 5. The topological polar surface area (TPSA) is 140 Å². The van der Waals surface area contributed by atoms with Gasteiger partial charge in [-0.25, -0.2) is 13.1 Å². The van der Waals surface area contributed by atoms with Crippen LogP contribution in [0.15, 0.2) is 53.6 Å². The Hall–Kier alpha value is -3.49. The standard InChI is InChI=1S/C16H11N7O2S2/c17-8-10-9-19-23(16(10)18)13-6-2-1-4-11(13)22-27(24,25)14-7-3-5-12-15(14)21-26-20-12/h1-7,9,22H,18H2. The molecule has 0 fully saturated rings. The van der Waals surface area contributed by atoms with Gasteiger partial charge in [-0.2, -0.15) is 19.1 Å². The lowest BCUT2D eigenvalue weighted by Gasteiger charge is -2.13. The minimum absolute atomic E-state index is 0.0229. The van der Waals surface area contributed by atoms with E-state index in [1.54, 1.807) is 36.4 Å². The summed E-state index contributed by atoms with van der Waals surface area (Å²) in [7, 11) is -3.94. The molecular weight excluding hydrogens is 386 g/mol. The Labute approximate surface area is 158 Å². The molecule has 0 radical (unpaired) electrons. The lowest BCUT2D eigenvalue weighted by Crippen LogP contribution is -2.16. The van der Waals surface area contributed by atoms with Crippen LogP contribution >= 0.6 is 11.7 Å². The van der Waals surface area contributed by atoms with Crippen LogP contribution in [0.1, 0.15) is 5.56 Å². The van der Waals surface area contributed by atoms with Crippen LogP contribution < -0.4 is 10.5 Å². The molecule has 0 atom stereocenters. The smallest absolute Gasteiger partial charge is 0.264 e. The van der Waals surface area contributed by atoms with Crippen LogP contribution in [0.3, 0.4) is 0 Å². The molecule has 0 saturated heterocycles. The highest BCUT2D eigenvalue weighted by atomic mass is 32.2. The largest absolute Gasteiger partial charge is 0.382 e. The van der Waals surface area contributed by atoms with Gasteiger partial charge >= 0.3 is 0 Å². The summed E-state index contributed by atoms with van der Waals surface area (Å²) in [4.78, 5) is 0.0229. The first-order valence-electron chi connectivity index (χ1n) is 7.58. The predicted octanol–water partition coefficient (Wildman–Crippen LogP) is 2.13. The molecule has 4 rings (SSSR count). The molecule has 11 heteroatoms. The Bertz CT molecular complexity index is 1300. The van der Waals surface area contributed by atoms with E-state index in [1.165, 1.54) is 16.9 Å². The molecule has 2 heterocycles. The third-order valence-electron chi connectivity index (χ3n) is 3.84. The number of rotatable bonds is 4. The van der Waals surface area contributed by atoms with E-state index in [4.69, 9.17) is 11.0 Å². The Morgan fingerprint density at radius 3 is 2.74 bits per heavy atom. The van der Waals surface area contributed by atoms with Crippen molar-refractivity contribution in [3.8, 4) is 11.8 Å². The van der Waals surface area contributed by atoms with Gasteiger partial charge in [-0.1, -0.05) is 18.2 Å². The molecule has 2 aromatic carbocycles. The van der Waals surface area contributed by atoms with E-state index >= 15 is 0 Å². The first-order chi connectivity index (χ1) is 13.0. The van der Waals surface area contributed by atoms with Gasteiger partial charge in [0.2, 0.25) is 0 Å². The third kappa shape index (κ3) is 2.86. The summed E-state index contributed by atoms with van der Waals surface area (Å²) < 4.78 is 37.9. The number of nitrogens with two attached hydrogens (primary N) is 1. The van der Waals surface area contributed by atoms with Crippen molar-refractivity contribution in [2.75, 3.05) is 10.5 Å². The first kappa shape index (κ1) is 17.0. The van der Waals surface area contributed by atoms with Crippen LogP contribution in [0.5, 0.6) is 0 Å². The number of fused-ring (bicyclic) bond motifs is 1. The van der Waals surface area contributed by atoms with Gasteiger partial charge in [-0.15, -0.1) is 0 Å². The number of benzene rings is 2. The molecule has 0 amide bonds. The summed E-state index contributed by atoms with van der Waals surface area (Å²) in [5.41, 5.74) is 7.60. The number of hydrogen-bond donors (Lipinski definition) is 2. The van der Waals surface area contributed by atoms with Crippen LogP contribution in [0.4, 0.5) is 11.5 Å². The molecule has 0 aliphatic rings. The van der Waals surface area contributed by atoms with Gasteiger partial charge in [0, 0.05) is 0 Å². The van der Waals surface area contributed by atoms with Crippen LogP contribution in [-0.4, -0.2) is 26.9 Å². The van der Waals surface area contributed by atoms with Crippen molar-refractivity contribution in [3.63, 3.8) is 0 Å². The van der Waals surface area contributed by atoms with Crippen molar-refractivity contribution >= 4 is 44.3 Å². The number of aromatic nitrogens is 4. The van der Waals surface area contributed by atoms with Gasteiger partial charge in [0.05, 0.1) is 29.3 Å². The zero-order valence-electron chi connectivity index (χ0n) is 13.6. The van der Waals surface area contributed by atoms with E-state index in [-0.39, 0.29) is 22.0 Å². The number of nitrogens with one attached hydrogen (secondary N) is 1. The molecule has 0 spiro atoms. The fourth-order valence-corrected chi connectivity index (χ4v) is 4.42. The molecule has 4 aromatic rings. The summed E-state index contributed by atoms with van der Waals surface area (Å²) in [6.45, 7) is 0. The molecule has 2 aromatic heterocycles. The molecule has 0 bridgehead atoms. The number of nitriles is 1. The fourth-order valence-electron chi connectivity index (χ4n) is 2.58. The monoisotopic (exact) mass is 397 g/mol. The van der Waals surface area contributed by atoms with Gasteiger partial charge in [0.15, 0.2) is 0 Å². The second kappa shape index (κ2) is 6.35. The zero-order chi connectivity index (χ0) is 19.0. The van der Waals surface area contributed by atoms with Gasteiger partial charge < -0.3 is 5.73 Å². The molecule has 0 saturated carbocycles. The van der Waals surface area contributed by atoms with E-state index in [0.717, 1.165) is 11.7 Å². The SMILES string of the molecule is N#Cc1cnn(-c2ccccc2NS(=O)(=O)c2cccc3nsnc23)c1N. The van der Waals surface area contributed by atoms with E-state index in [2.05, 4.69) is 18.6 Å². The van der Waals surface area contributed by atoms with Crippen molar-refractivity contribution < 1.29 is 8.42 Å². The van der Waals surface area contributed by atoms with Crippen molar-refractivity contribution in [1.82, 2.24) is 18.5 Å². The van der Waals surface area contributed by atoms with Crippen molar-refractivity contribution in [2.24, 2.45) is 0 Å². The van der Waals surface area contributed by atoms with E-state index in [0.29, 0.717) is 16.7 Å². The number of nitrogen functional groups attached to an aromatic ring is 1. The maximum absolute atomic E-state index is 13.0.